The first-order chi connectivity index (χ1) is 14.7. The van der Waals surface area contributed by atoms with E-state index in [-0.39, 0.29) is 11.8 Å². The van der Waals surface area contributed by atoms with Gasteiger partial charge in [0.05, 0.1) is 18.7 Å². The SMILES string of the molecule is COc1cccc(CNC(=O)[C@@H]2CCCN(c3ccc(-c4ccccc4)nn3)C2)c1. The summed E-state index contributed by atoms with van der Waals surface area (Å²) in [7, 11) is 1.64. The van der Waals surface area contributed by atoms with Crippen molar-refractivity contribution >= 4 is 11.7 Å². The number of methoxy groups -OCH3 is 1. The molecule has 1 fully saturated rings. The Morgan fingerprint density at radius 2 is 1.97 bits per heavy atom. The number of nitrogens with zero attached hydrogens (tertiary/aromatic N) is 3. The van der Waals surface area contributed by atoms with E-state index in [1.165, 1.54) is 0 Å². The Balaban J connectivity index is 1.36. The van der Waals surface area contributed by atoms with Crippen LogP contribution in [0.15, 0.2) is 66.7 Å². The Morgan fingerprint density at radius 3 is 2.73 bits per heavy atom. The molecule has 1 saturated heterocycles. The van der Waals surface area contributed by atoms with E-state index in [2.05, 4.69) is 20.4 Å². The van der Waals surface area contributed by atoms with Gasteiger partial charge in [-0.15, -0.1) is 10.2 Å². The van der Waals surface area contributed by atoms with Crippen LogP contribution in [-0.4, -0.2) is 36.3 Å². The second-order valence-corrected chi connectivity index (χ2v) is 7.50. The van der Waals surface area contributed by atoms with E-state index >= 15 is 0 Å². The summed E-state index contributed by atoms with van der Waals surface area (Å²) < 4.78 is 5.25. The van der Waals surface area contributed by atoms with Crippen molar-refractivity contribution in [1.82, 2.24) is 15.5 Å². The average molecular weight is 402 g/mol. The van der Waals surface area contributed by atoms with Crippen molar-refractivity contribution in [1.29, 1.82) is 0 Å². The number of carbonyl (C=O) groups excluding carboxylic acids is 1. The zero-order valence-corrected chi connectivity index (χ0v) is 17.1. The summed E-state index contributed by atoms with van der Waals surface area (Å²) in [5.41, 5.74) is 2.92. The van der Waals surface area contributed by atoms with E-state index in [4.69, 9.17) is 4.74 Å². The molecule has 2 heterocycles. The Bertz CT molecular complexity index is 976. The highest BCUT2D eigenvalue weighted by atomic mass is 16.5. The minimum Gasteiger partial charge on any atom is -0.497 e. The highest BCUT2D eigenvalue weighted by molar-refractivity contribution is 5.79. The Labute approximate surface area is 176 Å². The molecule has 6 heteroatoms. The molecule has 0 aliphatic carbocycles. The minimum absolute atomic E-state index is 0.0556. The van der Waals surface area contributed by atoms with Crippen molar-refractivity contribution in [3.05, 3.63) is 72.3 Å². The lowest BCUT2D eigenvalue weighted by Crippen LogP contribution is -2.43. The van der Waals surface area contributed by atoms with Crippen LogP contribution in [0, 0.1) is 5.92 Å². The first-order valence-corrected chi connectivity index (χ1v) is 10.3. The highest BCUT2D eigenvalue weighted by Crippen LogP contribution is 2.23. The fourth-order valence-electron chi connectivity index (χ4n) is 3.77. The molecule has 30 heavy (non-hydrogen) atoms. The average Bonchev–Trinajstić information content (AvgIpc) is 2.83. The number of piperidine rings is 1. The van der Waals surface area contributed by atoms with Gasteiger partial charge in [-0.2, -0.15) is 0 Å². The third-order valence-corrected chi connectivity index (χ3v) is 5.44. The Morgan fingerprint density at radius 1 is 1.10 bits per heavy atom. The van der Waals surface area contributed by atoms with Gasteiger partial charge in [0.2, 0.25) is 5.91 Å². The molecule has 4 rings (SSSR count). The summed E-state index contributed by atoms with van der Waals surface area (Å²) in [5.74, 6) is 1.64. The molecule has 6 nitrogen and oxygen atoms in total. The predicted octanol–water partition coefficient (Wildman–Crippen LogP) is 3.69. The lowest BCUT2D eigenvalue weighted by Gasteiger charge is -2.32. The molecule has 0 unspecified atom stereocenters. The molecule has 154 valence electrons. The van der Waals surface area contributed by atoms with E-state index in [0.29, 0.717) is 13.1 Å². The maximum atomic E-state index is 12.7. The Hall–Kier alpha value is -3.41. The van der Waals surface area contributed by atoms with Gasteiger partial charge in [-0.3, -0.25) is 4.79 Å². The molecule has 0 saturated carbocycles. The second kappa shape index (κ2) is 9.39. The fraction of sp³-hybridized carbons (Fsp3) is 0.292. The van der Waals surface area contributed by atoms with Crippen LogP contribution >= 0.6 is 0 Å². The maximum absolute atomic E-state index is 12.7. The lowest BCUT2D eigenvalue weighted by atomic mass is 9.97. The van der Waals surface area contributed by atoms with Crippen molar-refractivity contribution in [2.24, 2.45) is 5.92 Å². The highest BCUT2D eigenvalue weighted by Gasteiger charge is 2.26. The monoisotopic (exact) mass is 402 g/mol. The standard InChI is InChI=1S/C24H26N4O2/c1-30-21-11-5-7-18(15-21)16-25-24(29)20-10-6-14-28(17-20)23-13-12-22(26-27-23)19-8-3-2-4-9-19/h2-5,7-9,11-13,15,20H,6,10,14,16-17H2,1H3,(H,25,29)/t20-/m1/s1. The van der Waals surface area contributed by atoms with Crippen molar-refractivity contribution in [2.75, 3.05) is 25.1 Å². The molecule has 2 aromatic carbocycles. The fourth-order valence-corrected chi connectivity index (χ4v) is 3.77. The number of hydrogen-bond acceptors (Lipinski definition) is 5. The smallest absolute Gasteiger partial charge is 0.225 e. The van der Waals surface area contributed by atoms with Gasteiger partial charge in [-0.25, -0.2) is 0 Å². The number of amides is 1. The van der Waals surface area contributed by atoms with Gasteiger partial charge in [0.15, 0.2) is 5.82 Å². The third kappa shape index (κ3) is 4.76. The van der Waals surface area contributed by atoms with Gasteiger partial charge >= 0.3 is 0 Å². The molecular weight excluding hydrogens is 376 g/mol. The summed E-state index contributed by atoms with van der Waals surface area (Å²) >= 11 is 0. The van der Waals surface area contributed by atoms with Crippen LogP contribution in [0.2, 0.25) is 0 Å². The zero-order chi connectivity index (χ0) is 20.8. The summed E-state index contributed by atoms with van der Waals surface area (Å²) in [6.45, 7) is 2.04. The van der Waals surface area contributed by atoms with E-state index in [0.717, 1.165) is 47.8 Å². The molecule has 1 aromatic heterocycles. The minimum atomic E-state index is -0.0556. The summed E-state index contributed by atoms with van der Waals surface area (Å²) in [4.78, 5) is 14.9. The van der Waals surface area contributed by atoms with Crippen molar-refractivity contribution in [3.63, 3.8) is 0 Å². The number of aromatic nitrogens is 2. The number of rotatable bonds is 6. The normalized spacial score (nSPS) is 16.2. The summed E-state index contributed by atoms with van der Waals surface area (Å²) in [5, 5.41) is 11.9. The number of benzene rings is 2. The number of carbonyl (C=O) groups is 1. The molecule has 0 radical (unpaired) electrons. The van der Waals surface area contributed by atoms with E-state index < -0.39 is 0 Å². The number of nitrogens with one attached hydrogen (secondary N) is 1. The number of anilines is 1. The quantitative estimate of drug-likeness (QED) is 0.681. The first kappa shape index (κ1) is 19.9. The molecule has 1 atom stereocenters. The van der Waals surface area contributed by atoms with Crippen molar-refractivity contribution < 1.29 is 9.53 Å². The van der Waals surface area contributed by atoms with Gasteiger partial charge in [-0.1, -0.05) is 42.5 Å². The Kier molecular flexibility index (Phi) is 6.23. The van der Waals surface area contributed by atoms with Crippen LogP contribution in [0.1, 0.15) is 18.4 Å². The van der Waals surface area contributed by atoms with Crippen LogP contribution in [-0.2, 0) is 11.3 Å². The first-order valence-electron chi connectivity index (χ1n) is 10.3. The largest absolute Gasteiger partial charge is 0.497 e. The van der Waals surface area contributed by atoms with Crippen LogP contribution in [0.3, 0.4) is 0 Å². The molecule has 0 bridgehead atoms. The lowest BCUT2D eigenvalue weighted by molar-refractivity contribution is -0.125. The molecule has 1 aliphatic rings. The van der Waals surface area contributed by atoms with Gasteiger partial charge < -0.3 is 15.0 Å². The molecule has 3 aromatic rings. The van der Waals surface area contributed by atoms with E-state index in [1.54, 1.807) is 7.11 Å². The van der Waals surface area contributed by atoms with Crippen molar-refractivity contribution in [3.8, 4) is 17.0 Å². The molecule has 1 amide bonds. The molecular formula is C24H26N4O2. The molecule has 1 N–H and O–H groups in total. The topological polar surface area (TPSA) is 67.3 Å². The summed E-state index contributed by atoms with van der Waals surface area (Å²) in [6, 6.07) is 21.7. The van der Waals surface area contributed by atoms with Gasteiger partial charge in [-0.05, 0) is 42.7 Å². The van der Waals surface area contributed by atoms with Crippen LogP contribution in [0.5, 0.6) is 5.75 Å². The number of ether oxygens (including phenoxy) is 1. The van der Waals surface area contributed by atoms with Gasteiger partial charge in [0, 0.05) is 25.2 Å². The zero-order valence-electron chi connectivity index (χ0n) is 17.1. The van der Waals surface area contributed by atoms with Crippen LogP contribution in [0.25, 0.3) is 11.3 Å². The van der Waals surface area contributed by atoms with Gasteiger partial charge in [0.1, 0.15) is 5.75 Å². The summed E-state index contributed by atoms with van der Waals surface area (Å²) in [6.07, 6.45) is 1.84. The molecule has 1 aliphatic heterocycles. The number of hydrogen-bond donors (Lipinski definition) is 1. The predicted molar refractivity (Wildman–Crippen MR) is 117 cm³/mol. The van der Waals surface area contributed by atoms with E-state index in [9.17, 15) is 4.79 Å². The van der Waals surface area contributed by atoms with Gasteiger partial charge in [0.25, 0.3) is 0 Å². The molecule has 0 spiro atoms. The third-order valence-electron chi connectivity index (χ3n) is 5.44. The maximum Gasteiger partial charge on any atom is 0.225 e. The van der Waals surface area contributed by atoms with Crippen LogP contribution in [0.4, 0.5) is 5.82 Å². The second-order valence-electron chi connectivity index (χ2n) is 7.50. The van der Waals surface area contributed by atoms with Crippen LogP contribution < -0.4 is 15.0 Å². The van der Waals surface area contributed by atoms with Crippen molar-refractivity contribution in [2.45, 2.75) is 19.4 Å². The van der Waals surface area contributed by atoms with E-state index in [1.807, 2.05) is 66.7 Å².